The normalized spacial score (nSPS) is 11.8. The molecule has 0 spiro atoms. The second-order valence-corrected chi connectivity index (χ2v) is 7.11. The van der Waals surface area contributed by atoms with E-state index in [1.807, 2.05) is 41.8 Å². The van der Waals surface area contributed by atoms with Crippen molar-refractivity contribution < 1.29 is 14.3 Å². The van der Waals surface area contributed by atoms with Crippen LogP contribution in [0.2, 0.25) is 0 Å². The number of ketones is 1. The van der Waals surface area contributed by atoms with Crippen molar-refractivity contribution in [2.75, 3.05) is 20.0 Å². The third-order valence-corrected chi connectivity index (χ3v) is 5.22. The molecular formula is C21H22N2O3S. The van der Waals surface area contributed by atoms with Gasteiger partial charge in [-0.3, -0.25) is 4.79 Å². The number of nitrogens with zero attached hydrogens (tertiary/aromatic N) is 1. The molecule has 0 aliphatic rings. The molecule has 3 rings (SSSR count). The van der Waals surface area contributed by atoms with E-state index in [0.29, 0.717) is 17.1 Å². The molecule has 3 aromatic rings. The maximum Gasteiger partial charge on any atom is 0.180 e. The van der Waals surface area contributed by atoms with Crippen molar-refractivity contribution in [3.63, 3.8) is 0 Å². The summed E-state index contributed by atoms with van der Waals surface area (Å²) in [6.45, 7) is 1.56. The van der Waals surface area contributed by atoms with Crippen molar-refractivity contribution in [1.29, 1.82) is 0 Å². The van der Waals surface area contributed by atoms with Gasteiger partial charge in [0.15, 0.2) is 10.9 Å². The third-order valence-electron chi connectivity index (χ3n) is 4.53. The number of thiazole rings is 1. The predicted molar refractivity (Wildman–Crippen MR) is 108 cm³/mol. The molecular weight excluding hydrogens is 360 g/mol. The van der Waals surface area contributed by atoms with Crippen LogP contribution in [0.15, 0.2) is 47.8 Å². The molecule has 2 N–H and O–H groups in total. The maximum atomic E-state index is 11.8. The Labute approximate surface area is 162 Å². The summed E-state index contributed by atoms with van der Waals surface area (Å²) in [5.41, 5.74) is 9.49. The van der Waals surface area contributed by atoms with E-state index in [0.717, 1.165) is 28.3 Å². The van der Waals surface area contributed by atoms with E-state index in [2.05, 4.69) is 4.98 Å². The summed E-state index contributed by atoms with van der Waals surface area (Å²) in [5, 5.41) is 2.51. The van der Waals surface area contributed by atoms with E-state index in [1.54, 1.807) is 27.2 Å². The first-order valence-corrected chi connectivity index (χ1v) is 9.42. The lowest BCUT2D eigenvalue weighted by Gasteiger charge is -2.18. The fraction of sp³-hybridized carbons (Fsp3) is 0.238. The number of aromatic nitrogens is 1. The quantitative estimate of drug-likeness (QED) is 0.616. The van der Waals surface area contributed by atoms with Crippen LogP contribution < -0.4 is 15.2 Å². The smallest absolute Gasteiger partial charge is 0.180 e. The Hall–Kier alpha value is -2.86. The van der Waals surface area contributed by atoms with E-state index in [1.165, 1.54) is 11.3 Å². The number of nitrogen functional groups attached to an aromatic ring is 1. The topological polar surface area (TPSA) is 74.4 Å². The number of carbonyl (C=O) groups is 1. The van der Waals surface area contributed by atoms with Gasteiger partial charge in [-0.2, -0.15) is 0 Å². The Morgan fingerprint density at radius 2 is 1.89 bits per heavy atom. The lowest BCUT2D eigenvalue weighted by molar-refractivity contribution is 0.101. The molecule has 0 fully saturated rings. The van der Waals surface area contributed by atoms with Crippen molar-refractivity contribution in [2.45, 2.75) is 19.3 Å². The Kier molecular flexibility index (Phi) is 5.76. The summed E-state index contributed by atoms with van der Waals surface area (Å²) in [6, 6.07) is 13.4. The zero-order valence-electron chi connectivity index (χ0n) is 15.6. The summed E-state index contributed by atoms with van der Waals surface area (Å²) >= 11 is 1.42. The van der Waals surface area contributed by atoms with Crippen LogP contribution in [0.4, 0.5) is 5.13 Å². The van der Waals surface area contributed by atoms with Crippen LogP contribution in [0.25, 0.3) is 0 Å². The minimum Gasteiger partial charge on any atom is -0.497 e. The molecule has 0 saturated heterocycles. The Morgan fingerprint density at radius 1 is 1.15 bits per heavy atom. The summed E-state index contributed by atoms with van der Waals surface area (Å²) in [4.78, 5) is 16.3. The van der Waals surface area contributed by atoms with Gasteiger partial charge < -0.3 is 15.2 Å². The van der Waals surface area contributed by atoms with Gasteiger partial charge in [0.2, 0.25) is 0 Å². The molecule has 1 atom stereocenters. The van der Waals surface area contributed by atoms with Crippen molar-refractivity contribution in [1.82, 2.24) is 4.98 Å². The highest BCUT2D eigenvalue weighted by Gasteiger charge is 2.21. The second-order valence-electron chi connectivity index (χ2n) is 6.22. The molecule has 5 nitrogen and oxygen atoms in total. The van der Waals surface area contributed by atoms with Gasteiger partial charge in [-0.05, 0) is 54.8 Å². The van der Waals surface area contributed by atoms with E-state index in [4.69, 9.17) is 15.2 Å². The van der Waals surface area contributed by atoms with Gasteiger partial charge in [0.25, 0.3) is 0 Å². The number of carbonyl (C=O) groups excluding carboxylic acids is 1. The zero-order valence-corrected chi connectivity index (χ0v) is 16.4. The molecule has 6 heteroatoms. The largest absolute Gasteiger partial charge is 0.497 e. The van der Waals surface area contributed by atoms with Gasteiger partial charge >= 0.3 is 0 Å². The van der Waals surface area contributed by atoms with E-state index in [-0.39, 0.29) is 11.7 Å². The standard InChI is InChI=1S/C21H22N2O3S/c1-13(24)15-6-9-20(26-3)16(10-15)11-18(19-12-27-21(22)23-19)14-4-7-17(25-2)8-5-14/h4-10,12,18H,11H2,1-3H3,(H2,22,23). The van der Waals surface area contributed by atoms with Crippen LogP contribution in [-0.4, -0.2) is 25.0 Å². The first-order chi connectivity index (χ1) is 13.0. The van der Waals surface area contributed by atoms with Gasteiger partial charge in [0, 0.05) is 16.9 Å². The number of hydrogen-bond acceptors (Lipinski definition) is 6. The van der Waals surface area contributed by atoms with Crippen molar-refractivity contribution in [2.24, 2.45) is 0 Å². The summed E-state index contributed by atoms with van der Waals surface area (Å²) < 4.78 is 10.8. The van der Waals surface area contributed by atoms with Crippen molar-refractivity contribution in [3.05, 3.63) is 70.2 Å². The van der Waals surface area contributed by atoms with Crippen LogP contribution in [0.3, 0.4) is 0 Å². The Balaban J connectivity index is 2.03. The van der Waals surface area contributed by atoms with Gasteiger partial charge in [0.05, 0.1) is 19.9 Å². The van der Waals surface area contributed by atoms with Crippen molar-refractivity contribution >= 4 is 22.3 Å². The molecule has 140 valence electrons. The maximum absolute atomic E-state index is 11.8. The Morgan fingerprint density at radius 3 is 2.44 bits per heavy atom. The Bertz CT molecular complexity index is 935. The minimum absolute atomic E-state index is 0.0134. The van der Waals surface area contributed by atoms with E-state index in [9.17, 15) is 4.79 Å². The molecule has 2 aromatic carbocycles. The zero-order chi connectivity index (χ0) is 19.4. The highest BCUT2D eigenvalue weighted by Crippen LogP contribution is 2.34. The molecule has 1 unspecified atom stereocenters. The molecule has 0 aliphatic carbocycles. The molecule has 1 aromatic heterocycles. The van der Waals surface area contributed by atoms with E-state index < -0.39 is 0 Å². The highest BCUT2D eigenvalue weighted by atomic mass is 32.1. The molecule has 0 aliphatic heterocycles. The summed E-state index contributed by atoms with van der Waals surface area (Å²) in [6.07, 6.45) is 0.639. The number of rotatable bonds is 7. The SMILES string of the molecule is COc1ccc(C(Cc2cc(C(C)=O)ccc2OC)c2csc(N)n2)cc1. The molecule has 0 saturated carbocycles. The number of benzene rings is 2. The highest BCUT2D eigenvalue weighted by molar-refractivity contribution is 7.13. The minimum atomic E-state index is -0.0134. The fourth-order valence-corrected chi connectivity index (χ4v) is 3.68. The lowest BCUT2D eigenvalue weighted by Crippen LogP contribution is -2.08. The number of ether oxygens (including phenoxy) is 2. The molecule has 27 heavy (non-hydrogen) atoms. The third kappa shape index (κ3) is 4.28. The van der Waals surface area contributed by atoms with Crippen molar-refractivity contribution in [3.8, 4) is 11.5 Å². The van der Waals surface area contributed by atoms with Crippen LogP contribution in [0.5, 0.6) is 11.5 Å². The number of Topliss-reactive ketones (excluding diaryl/α,β-unsaturated/α-hetero) is 1. The molecule has 1 heterocycles. The molecule has 0 amide bonds. The van der Waals surface area contributed by atoms with Crippen LogP contribution >= 0.6 is 11.3 Å². The lowest BCUT2D eigenvalue weighted by atomic mass is 9.88. The first kappa shape index (κ1) is 18.9. The number of methoxy groups -OCH3 is 2. The monoisotopic (exact) mass is 382 g/mol. The fourth-order valence-electron chi connectivity index (χ4n) is 3.07. The second kappa shape index (κ2) is 8.22. The number of nitrogens with two attached hydrogens (primary N) is 1. The van der Waals surface area contributed by atoms with Gasteiger partial charge in [-0.15, -0.1) is 11.3 Å². The predicted octanol–water partition coefficient (Wildman–Crippen LogP) is 4.32. The van der Waals surface area contributed by atoms with Gasteiger partial charge in [0.1, 0.15) is 11.5 Å². The average Bonchev–Trinajstić information content (AvgIpc) is 3.12. The van der Waals surface area contributed by atoms with Crippen LogP contribution in [0, 0.1) is 0 Å². The van der Waals surface area contributed by atoms with Crippen LogP contribution in [-0.2, 0) is 6.42 Å². The average molecular weight is 382 g/mol. The first-order valence-electron chi connectivity index (χ1n) is 8.54. The van der Waals surface area contributed by atoms with Gasteiger partial charge in [-0.1, -0.05) is 12.1 Å². The summed E-state index contributed by atoms with van der Waals surface area (Å²) in [7, 11) is 3.28. The number of hydrogen-bond donors (Lipinski definition) is 1. The molecule has 0 bridgehead atoms. The molecule has 0 radical (unpaired) electrons. The van der Waals surface area contributed by atoms with Crippen LogP contribution in [0.1, 0.15) is 40.0 Å². The number of anilines is 1. The summed E-state index contributed by atoms with van der Waals surface area (Å²) in [5.74, 6) is 1.56. The van der Waals surface area contributed by atoms with Gasteiger partial charge in [-0.25, -0.2) is 4.98 Å². The van der Waals surface area contributed by atoms with E-state index >= 15 is 0 Å².